The third kappa shape index (κ3) is 3.34. The number of nitrogens with zero attached hydrogens (tertiary/aromatic N) is 1. The maximum atomic E-state index is 11.5. The first-order chi connectivity index (χ1) is 8.54. The van der Waals surface area contributed by atoms with Crippen LogP contribution in [0.4, 0.5) is 5.13 Å². The molecule has 96 valence electrons. The number of halogens is 1. The van der Waals surface area contributed by atoms with E-state index in [1.54, 1.807) is 6.07 Å². The molecule has 0 radical (unpaired) electrons. The summed E-state index contributed by atoms with van der Waals surface area (Å²) in [6, 6.07) is 5.69. The Labute approximate surface area is 114 Å². The molecule has 4 nitrogen and oxygen atoms in total. The minimum absolute atomic E-state index is 0.0395. The quantitative estimate of drug-likeness (QED) is 0.907. The number of carbonyl (C=O) groups excluding carboxylic acids is 1. The summed E-state index contributed by atoms with van der Waals surface area (Å²) in [5.41, 5.74) is 0.885. The predicted octanol–water partition coefficient (Wildman–Crippen LogP) is 2.89. The van der Waals surface area contributed by atoms with Gasteiger partial charge in [-0.15, -0.1) is 0 Å². The first-order valence-electron chi connectivity index (χ1n) is 5.64. The molecule has 0 aliphatic heterocycles. The summed E-state index contributed by atoms with van der Waals surface area (Å²) in [4.78, 5) is 15.9. The summed E-state index contributed by atoms with van der Waals surface area (Å²) in [7, 11) is 0. The number of hydrogen-bond donors (Lipinski definition) is 2. The normalized spacial score (nSPS) is 10.9. The maximum absolute atomic E-state index is 11.5. The van der Waals surface area contributed by atoms with Gasteiger partial charge in [-0.2, -0.15) is 0 Å². The number of hydrogen-bond acceptors (Lipinski definition) is 4. The molecule has 2 N–H and O–H groups in total. The van der Waals surface area contributed by atoms with Crippen LogP contribution >= 0.6 is 22.9 Å². The molecule has 0 saturated heterocycles. The van der Waals surface area contributed by atoms with Gasteiger partial charge in [-0.1, -0.05) is 22.9 Å². The van der Waals surface area contributed by atoms with E-state index >= 15 is 0 Å². The summed E-state index contributed by atoms with van der Waals surface area (Å²) < 4.78 is 1.01. The number of fused-ring (bicyclic) bond motifs is 1. The zero-order valence-corrected chi connectivity index (χ0v) is 11.7. The van der Waals surface area contributed by atoms with Gasteiger partial charge in [-0.25, -0.2) is 4.98 Å². The topological polar surface area (TPSA) is 54.0 Å². The Hall–Kier alpha value is -1.33. The molecule has 1 amide bonds. The molecule has 18 heavy (non-hydrogen) atoms. The van der Waals surface area contributed by atoms with Crippen LogP contribution in [0.5, 0.6) is 0 Å². The second kappa shape index (κ2) is 5.54. The van der Waals surface area contributed by atoms with Gasteiger partial charge in [0.1, 0.15) is 0 Å². The zero-order valence-electron chi connectivity index (χ0n) is 10.2. The van der Waals surface area contributed by atoms with E-state index in [1.165, 1.54) is 11.3 Å². The van der Waals surface area contributed by atoms with Crippen molar-refractivity contribution < 1.29 is 4.79 Å². The number of benzene rings is 1. The highest BCUT2D eigenvalue weighted by Crippen LogP contribution is 2.27. The largest absolute Gasteiger partial charge is 0.352 e. The highest BCUT2D eigenvalue weighted by atomic mass is 35.5. The molecule has 0 aliphatic rings. The molecule has 0 aliphatic carbocycles. The Morgan fingerprint density at radius 3 is 3.00 bits per heavy atom. The molecule has 1 heterocycles. The standard InChI is InChI=1S/C12H14ClN3OS/c1-7(2)15-11(17)6-14-12-16-9-4-3-8(13)5-10(9)18-12/h3-5,7H,6H2,1-2H3,(H,14,16)(H,15,17). The van der Waals surface area contributed by atoms with Gasteiger partial charge in [-0.05, 0) is 32.0 Å². The number of carbonyl (C=O) groups is 1. The number of thiazole rings is 1. The van der Waals surface area contributed by atoms with Gasteiger partial charge in [0.2, 0.25) is 5.91 Å². The van der Waals surface area contributed by atoms with E-state index in [0.717, 1.165) is 15.3 Å². The third-order valence-corrected chi connectivity index (χ3v) is 3.41. The van der Waals surface area contributed by atoms with E-state index in [2.05, 4.69) is 15.6 Å². The van der Waals surface area contributed by atoms with Crippen molar-refractivity contribution in [2.75, 3.05) is 11.9 Å². The Kier molecular flexibility index (Phi) is 4.04. The Bertz CT molecular complexity index is 567. The van der Waals surface area contributed by atoms with Crippen molar-refractivity contribution in [1.29, 1.82) is 0 Å². The van der Waals surface area contributed by atoms with Crippen LogP contribution in [0.1, 0.15) is 13.8 Å². The second-order valence-corrected chi connectivity index (χ2v) is 5.67. The smallest absolute Gasteiger partial charge is 0.239 e. The van der Waals surface area contributed by atoms with Crippen molar-refractivity contribution in [2.24, 2.45) is 0 Å². The first-order valence-corrected chi connectivity index (χ1v) is 6.83. The molecule has 0 atom stereocenters. The molecule has 2 aromatic rings. The van der Waals surface area contributed by atoms with Gasteiger partial charge in [0.15, 0.2) is 5.13 Å². The van der Waals surface area contributed by atoms with E-state index in [-0.39, 0.29) is 18.5 Å². The lowest BCUT2D eigenvalue weighted by Gasteiger charge is -2.07. The second-order valence-electron chi connectivity index (χ2n) is 4.21. The van der Waals surface area contributed by atoms with E-state index in [9.17, 15) is 4.79 Å². The van der Waals surface area contributed by atoms with Gasteiger partial charge in [0, 0.05) is 11.1 Å². The van der Waals surface area contributed by atoms with Crippen LogP contribution in [0.3, 0.4) is 0 Å². The average molecular weight is 284 g/mol. The fourth-order valence-corrected chi connectivity index (χ4v) is 2.64. The number of nitrogens with one attached hydrogen (secondary N) is 2. The maximum Gasteiger partial charge on any atom is 0.239 e. The van der Waals surface area contributed by atoms with Gasteiger partial charge < -0.3 is 10.6 Å². The van der Waals surface area contributed by atoms with Gasteiger partial charge in [0.05, 0.1) is 16.8 Å². The Balaban J connectivity index is 2.02. The fourth-order valence-electron chi connectivity index (χ4n) is 1.50. The molecule has 0 bridgehead atoms. The summed E-state index contributed by atoms with van der Waals surface area (Å²) >= 11 is 7.39. The SMILES string of the molecule is CC(C)NC(=O)CNc1nc2ccc(Cl)cc2s1. The van der Waals surface area contributed by atoms with Crippen molar-refractivity contribution in [3.63, 3.8) is 0 Å². The number of amides is 1. The lowest BCUT2D eigenvalue weighted by Crippen LogP contribution is -2.34. The van der Waals surface area contributed by atoms with Crippen LogP contribution in [0.25, 0.3) is 10.2 Å². The van der Waals surface area contributed by atoms with Crippen molar-refractivity contribution in [3.05, 3.63) is 23.2 Å². The fraction of sp³-hybridized carbons (Fsp3) is 0.333. The molecule has 1 aromatic carbocycles. The Morgan fingerprint density at radius 2 is 2.28 bits per heavy atom. The predicted molar refractivity (Wildman–Crippen MR) is 76.4 cm³/mol. The van der Waals surface area contributed by atoms with Crippen LogP contribution in [0.15, 0.2) is 18.2 Å². The lowest BCUT2D eigenvalue weighted by atomic mass is 10.3. The van der Waals surface area contributed by atoms with Crippen LogP contribution in [0, 0.1) is 0 Å². The van der Waals surface area contributed by atoms with Crippen LogP contribution in [-0.2, 0) is 4.79 Å². The molecule has 0 fully saturated rings. The monoisotopic (exact) mass is 283 g/mol. The molecule has 0 unspecified atom stereocenters. The van der Waals surface area contributed by atoms with E-state index < -0.39 is 0 Å². The molecule has 2 rings (SSSR count). The summed E-state index contributed by atoms with van der Waals surface area (Å²) in [5.74, 6) is -0.0395. The highest BCUT2D eigenvalue weighted by Gasteiger charge is 2.07. The Morgan fingerprint density at radius 1 is 1.50 bits per heavy atom. The van der Waals surface area contributed by atoms with Crippen molar-refractivity contribution in [3.8, 4) is 0 Å². The minimum atomic E-state index is -0.0395. The number of aromatic nitrogens is 1. The van der Waals surface area contributed by atoms with Gasteiger partial charge >= 0.3 is 0 Å². The first kappa shape index (κ1) is 13.1. The van der Waals surface area contributed by atoms with Crippen molar-refractivity contribution in [1.82, 2.24) is 10.3 Å². The molecular weight excluding hydrogens is 270 g/mol. The number of anilines is 1. The average Bonchev–Trinajstić information content (AvgIpc) is 2.67. The molecule has 1 aromatic heterocycles. The molecule has 0 saturated carbocycles. The van der Waals surface area contributed by atoms with Crippen LogP contribution in [-0.4, -0.2) is 23.5 Å². The van der Waals surface area contributed by atoms with Crippen LogP contribution in [0.2, 0.25) is 5.02 Å². The summed E-state index contributed by atoms with van der Waals surface area (Å²) in [6.45, 7) is 4.08. The van der Waals surface area contributed by atoms with E-state index in [0.29, 0.717) is 5.02 Å². The molecule has 6 heteroatoms. The third-order valence-electron chi connectivity index (χ3n) is 2.20. The van der Waals surface area contributed by atoms with Crippen LogP contribution < -0.4 is 10.6 Å². The van der Waals surface area contributed by atoms with E-state index in [4.69, 9.17) is 11.6 Å². The highest BCUT2D eigenvalue weighted by molar-refractivity contribution is 7.22. The molecule has 0 spiro atoms. The molecular formula is C12H14ClN3OS. The van der Waals surface area contributed by atoms with Crippen molar-refractivity contribution >= 4 is 44.2 Å². The van der Waals surface area contributed by atoms with E-state index in [1.807, 2.05) is 26.0 Å². The van der Waals surface area contributed by atoms with Gasteiger partial charge in [0.25, 0.3) is 0 Å². The summed E-state index contributed by atoms with van der Waals surface area (Å²) in [5, 5.41) is 7.24. The lowest BCUT2D eigenvalue weighted by molar-refractivity contribution is -0.119. The summed E-state index contributed by atoms with van der Waals surface area (Å²) in [6.07, 6.45) is 0. The van der Waals surface area contributed by atoms with Crippen molar-refractivity contribution in [2.45, 2.75) is 19.9 Å². The minimum Gasteiger partial charge on any atom is -0.352 e. The number of rotatable bonds is 4. The van der Waals surface area contributed by atoms with Gasteiger partial charge in [-0.3, -0.25) is 4.79 Å². The zero-order chi connectivity index (χ0) is 13.1.